The van der Waals surface area contributed by atoms with E-state index in [2.05, 4.69) is 12.1 Å². The molecule has 0 unspecified atom stereocenters. The number of nitrogens with zero attached hydrogens (tertiary/aromatic N) is 2. The van der Waals surface area contributed by atoms with Crippen molar-refractivity contribution in [3.8, 4) is 0 Å². The van der Waals surface area contributed by atoms with Crippen molar-refractivity contribution >= 4 is 40.6 Å². The lowest BCUT2D eigenvalue weighted by atomic mass is 9.94. The van der Waals surface area contributed by atoms with E-state index < -0.39 is 5.79 Å². The van der Waals surface area contributed by atoms with Crippen LogP contribution in [-0.2, 0) is 21.7 Å². The van der Waals surface area contributed by atoms with Crippen molar-refractivity contribution < 1.29 is 14.3 Å². The van der Waals surface area contributed by atoms with Crippen molar-refractivity contribution in [1.82, 2.24) is 9.88 Å². The number of hydrogen-bond donors (Lipinski definition) is 0. The van der Waals surface area contributed by atoms with Gasteiger partial charge < -0.3 is 14.4 Å². The molecular weight excluding hydrogens is 496 g/mol. The molecule has 1 fully saturated rings. The predicted molar refractivity (Wildman–Crippen MR) is 153 cm³/mol. The second-order valence-electron chi connectivity index (χ2n) is 9.46. The zero-order chi connectivity index (χ0) is 26.5. The fourth-order valence-electron chi connectivity index (χ4n) is 4.77. The number of carbonyl (C=O) groups is 1. The van der Waals surface area contributed by atoms with Crippen LogP contribution in [0, 0.1) is 0 Å². The van der Waals surface area contributed by atoms with Crippen LogP contribution >= 0.6 is 11.6 Å². The Labute approximate surface area is 228 Å². The highest BCUT2D eigenvalue weighted by molar-refractivity contribution is 6.31. The first-order valence-corrected chi connectivity index (χ1v) is 13.3. The minimum Gasteiger partial charge on any atom is -0.343 e. The molecule has 0 spiro atoms. The first kappa shape index (κ1) is 26.1. The molecule has 0 atom stereocenters. The zero-order valence-electron chi connectivity index (χ0n) is 21.7. The summed E-state index contributed by atoms with van der Waals surface area (Å²) in [5.41, 5.74) is 5.43. The number of hydrogen-bond acceptors (Lipinski definition) is 4. The fraction of sp³-hybridized carbons (Fsp3) is 0.250. The summed E-state index contributed by atoms with van der Waals surface area (Å²) < 4.78 is 12.5. The Morgan fingerprint density at radius 1 is 1.00 bits per heavy atom. The monoisotopic (exact) mass is 526 g/mol. The summed E-state index contributed by atoms with van der Waals surface area (Å²) in [5.74, 6) is -0.823. The SMILES string of the molecule is CCN(C)C(=O)c1ccccc1CCC1(c2cccc(/C=C/c3ccc4ccc(Cl)cc4n3)c2)OCCO1. The van der Waals surface area contributed by atoms with E-state index >= 15 is 0 Å². The van der Waals surface area contributed by atoms with Gasteiger partial charge in [0.1, 0.15) is 0 Å². The molecule has 1 aliphatic heterocycles. The Balaban J connectivity index is 1.37. The van der Waals surface area contributed by atoms with Crippen LogP contribution < -0.4 is 0 Å². The normalized spacial score (nSPS) is 14.8. The highest BCUT2D eigenvalue weighted by atomic mass is 35.5. The average molecular weight is 527 g/mol. The van der Waals surface area contributed by atoms with Crippen LogP contribution in [0.2, 0.25) is 5.02 Å². The Hall–Kier alpha value is -3.51. The quantitative estimate of drug-likeness (QED) is 0.248. The summed E-state index contributed by atoms with van der Waals surface area (Å²) >= 11 is 6.15. The van der Waals surface area contributed by atoms with Gasteiger partial charge in [-0.1, -0.05) is 66.2 Å². The van der Waals surface area contributed by atoms with Crippen LogP contribution in [0.15, 0.2) is 78.9 Å². The van der Waals surface area contributed by atoms with Gasteiger partial charge in [0, 0.05) is 41.5 Å². The first-order chi connectivity index (χ1) is 18.5. The number of pyridine rings is 1. The topological polar surface area (TPSA) is 51.7 Å². The Morgan fingerprint density at radius 2 is 1.79 bits per heavy atom. The fourth-order valence-corrected chi connectivity index (χ4v) is 4.93. The van der Waals surface area contributed by atoms with Gasteiger partial charge in [-0.3, -0.25) is 4.79 Å². The number of aromatic nitrogens is 1. The summed E-state index contributed by atoms with van der Waals surface area (Å²) in [5, 5.41) is 1.72. The molecule has 1 aliphatic rings. The summed E-state index contributed by atoms with van der Waals surface area (Å²) in [4.78, 5) is 19.4. The molecule has 194 valence electrons. The molecule has 1 amide bonds. The predicted octanol–water partition coefficient (Wildman–Crippen LogP) is 6.98. The van der Waals surface area contributed by atoms with E-state index in [9.17, 15) is 4.79 Å². The van der Waals surface area contributed by atoms with Crippen molar-refractivity contribution in [2.75, 3.05) is 26.8 Å². The van der Waals surface area contributed by atoms with Gasteiger partial charge in [0.25, 0.3) is 5.91 Å². The second kappa shape index (κ2) is 11.5. The number of halogens is 1. The molecule has 0 saturated carbocycles. The lowest BCUT2D eigenvalue weighted by Crippen LogP contribution is -2.29. The summed E-state index contributed by atoms with van der Waals surface area (Å²) in [6.45, 7) is 3.69. The Bertz CT molecular complexity index is 1480. The van der Waals surface area contributed by atoms with Crippen molar-refractivity contribution in [2.24, 2.45) is 0 Å². The van der Waals surface area contributed by atoms with Crippen LogP contribution in [0.25, 0.3) is 23.1 Å². The highest BCUT2D eigenvalue weighted by Crippen LogP contribution is 2.37. The smallest absolute Gasteiger partial charge is 0.253 e. The number of rotatable bonds is 8. The molecule has 0 N–H and O–H groups in total. The van der Waals surface area contributed by atoms with Gasteiger partial charge in [-0.05, 0) is 60.9 Å². The van der Waals surface area contributed by atoms with Crippen molar-refractivity contribution in [1.29, 1.82) is 0 Å². The summed E-state index contributed by atoms with van der Waals surface area (Å²) in [6.07, 6.45) is 5.30. The molecule has 5 rings (SSSR count). The van der Waals surface area contributed by atoms with Crippen LogP contribution in [0.5, 0.6) is 0 Å². The maximum Gasteiger partial charge on any atom is 0.253 e. The first-order valence-electron chi connectivity index (χ1n) is 12.9. The number of ether oxygens (including phenoxy) is 2. The number of aryl methyl sites for hydroxylation is 1. The minimum absolute atomic E-state index is 0.0297. The molecule has 0 radical (unpaired) electrons. The van der Waals surface area contributed by atoms with E-state index in [0.29, 0.717) is 37.6 Å². The van der Waals surface area contributed by atoms with Gasteiger partial charge in [0.05, 0.1) is 24.4 Å². The zero-order valence-corrected chi connectivity index (χ0v) is 22.4. The molecular formula is C32H31ClN2O3. The summed E-state index contributed by atoms with van der Waals surface area (Å²) in [6, 6.07) is 25.8. The number of carbonyl (C=O) groups excluding carboxylic acids is 1. The number of amides is 1. The number of fused-ring (bicyclic) bond motifs is 1. The molecule has 0 bridgehead atoms. The largest absolute Gasteiger partial charge is 0.343 e. The van der Waals surface area contributed by atoms with Gasteiger partial charge in [0.2, 0.25) is 0 Å². The standard InChI is InChI=1S/C32H31ClN2O3/c1-3-35(2)31(36)29-10-5-4-8-24(29)17-18-32(37-19-20-38-32)26-9-6-7-23(21-26)11-15-28-16-13-25-12-14-27(33)22-30(25)34-28/h4-16,21-22H,3,17-20H2,1-2H3/b15-11+. The Kier molecular flexibility index (Phi) is 7.89. The van der Waals surface area contributed by atoms with E-state index in [1.807, 2.05) is 92.9 Å². The van der Waals surface area contributed by atoms with E-state index in [-0.39, 0.29) is 5.91 Å². The molecule has 2 heterocycles. The maximum absolute atomic E-state index is 12.9. The van der Waals surface area contributed by atoms with Crippen LogP contribution in [0.3, 0.4) is 0 Å². The van der Waals surface area contributed by atoms with Gasteiger partial charge >= 0.3 is 0 Å². The van der Waals surface area contributed by atoms with E-state index in [4.69, 9.17) is 26.1 Å². The minimum atomic E-state index is -0.853. The van der Waals surface area contributed by atoms with Crippen LogP contribution in [0.1, 0.15) is 46.1 Å². The summed E-state index contributed by atoms with van der Waals surface area (Å²) in [7, 11) is 1.82. The third-order valence-corrected chi connectivity index (χ3v) is 7.23. The van der Waals surface area contributed by atoms with Crippen molar-refractivity contribution in [3.63, 3.8) is 0 Å². The van der Waals surface area contributed by atoms with Gasteiger partial charge in [-0.15, -0.1) is 0 Å². The molecule has 38 heavy (non-hydrogen) atoms. The van der Waals surface area contributed by atoms with Crippen molar-refractivity contribution in [2.45, 2.75) is 25.6 Å². The van der Waals surface area contributed by atoms with E-state index in [1.54, 1.807) is 4.90 Å². The molecule has 1 saturated heterocycles. The highest BCUT2D eigenvalue weighted by Gasteiger charge is 2.38. The molecule has 3 aromatic carbocycles. The maximum atomic E-state index is 12.9. The lowest BCUT2D eigenvalue weighted by Gasteiger charge is -2.29. The lowest BCUT2D eigenvalue weighted by molar-refractivity contribution is -0.170. The van der Waals surface area contributed by atoms with Gasteiger partial charge in [0.15, 0.2) is 5.79 Å². The third kappa shape index (κ3) is 5.65. The molecule has 0 aliphatic carbocycles. The van der Waals surface area contributed by atoms with Crippen LogP contribution in [-0.4, -0.2) is 42.6 Å². The Morgan fingerprint density at radius 3 is 2.61 bits per heavy atom. The molecule has 4 aromatic rings. The van der Waals surface area contributed by atoms with Crippen molar-refractivity contribution in [3.05, 3.63) is 112 Å². The van der Waals surface area contributed by atoms with Gasteiger partial charge in [-0.2, -0.15) is 0 Å². The van der Waals surface area contributed by atoms with E-state index in [0.717, 1.165) is 38.9 Å². The van der Waals surface area contributed by atoms with E-state index in [1.165, 1.54) is 0 Å². The molecule has 1 aromatic heterocycles. The second-order valence-corrected chi connectivity index (χ2v) is 9.89. The third-order valence-electron chi connectivity index (χ3n) is 6.99. The average Bonchev–Trinajstić information content (AvgIpc) is 3.44. The molecule has 5 nitrogen and oxygen atoms in total. The van der Waals surface area contributed by atoms with Gasteiger partial charge in [-0.25, -0.2) is 4.98 Å². The van der Waals surface area contributed by atoms with Crippen LogP contribution in [0.4, 0.5) is 0 Å². The molecule has 6 heteroatoms. The number of benzene rings is 3.